The molecule has 1 unspecified atom stereocenters. The molecule has 0 aromatic heterocycles. The minimum absolute atomic E-state index is 0.0414. The van der Waals surface area contributed by atoms with Gasteiger partial charge >= 0.3 is 0 Å². The number of benzene rings is 1. The highest BCUT2D eigenvalue weighted by molar-refractivity contribution is 7.89. The highest BCUT2D eigenvalue weighted by Gasteiger charge is 2.44. The highest BCUT2D eigenvalue weighted by atomic mass is 32.2. The molecular weight excluding hydrogens is 381 g/mol. The highest BCUT2D eigenvalue weighted by Crippen LogP contribution is 2.30. The van der Waals surface area contributed by atoms with Gasteiger partial charge in [0.2, 0.25) is 20.0 Å². The number of alkyl halides is 1. The van der Waals surface area contributed by atoms with Gasteiger partial charge in [0.1, 0.15) is 0 Å². The van der Waals surface area contributed by atoms with Crippen molar-refractivity contribution < 1.29 is 21.2 Å². The quantitative estimate of drug-likeness (QED) is 0.677. The lowest BCUT2D eigenvalue weighted by atomic mass is 10.2. The molecule has 3 atom stereocenters. The number of sulfonamides is 2. The van der Waals surface area contributed by atoms with Crippen molar-refractivity contribution in [1.82, 2.24) is 13.9 Å². The molecule has 0 aliphatic carbocycles. The summed E-state index contributed by atoms with van der Waals surface area (Å²) >= 11 is 0. The summed E-state index contributed by atoms with van der Waals surface area (Å²) in [5.74, 6) is -0.259. The summed E-state index contributed by atoms with van der Waals surface area (Å²) in [5, 5.41) is 0. The predicted molar refractivity (Wildman–Crippen MR) is 96.5 cm³/mol. The molecule has 146 valence electrons. The molecule has 2 saturated heterocycles. The Morgan fingerprint density at radius 2 is 1.85 bits per heavy atom. The zero-order valence-corrected chi connectivity index (χ0v) is 16.1. The molecule has 2 aliphatic rings. The van der Waals surface area contributed by atoms with E-state index in [0.29, 0.717) is 6.54 Å². The number of hydrogen-bond acceptors (Lipinski definition) is 5. The van der Waals surface area contributed by atoms with Crippen molar-refractivity contribution in [2.45, 2.75) is 29.8 Å². The molecule has 0 saturated carbocycles. The molecule has 1 aromatic rings. The van der Waals surface area contributed by atoms with E-state index in [1.54, 1.807) is 30.3 Å². The maximum Gasteiger partial charge on any atom is 0.243 e. The van der Waals surface area contributed by atoms with Crippen LogP contribution in [0.2, 0.25) is 0 Å². The molecule has 2 heterocycles. The van der Waals surface area contributed by atoms with Crippen molar-refractivity contribution in [2.75, 3.05) is 38.6 Å². The Balaban J connectivity index is 1.72. The molecule has 0 spiro atoms. The Morgan fingerprint density at radius 1 is 1.12 bits per heavy atom. The maximum atomic E-state index is 13.0. The van der Waals surface area contributed by atoms with Crippen LogP contribution in [-0.4, -0.2) is 76.7 Å². The minimum atomic E-state index is -3.62. The van der Waals surface area contributed by atoms with E-state index in [1.807, 2.05) is 0 Å². The fraction of sp³-hybridized carbons (Fsp3) is 0.625. The number of rotatable bonds is 8. The zero-order chi connectivity index (χ0) is 18.8. The van der Waals surface area contributed by atoms with E-state index in [4.69, 9.17) is 0 Å². The van der Waals surface area contributed by atoms with Crippen LogP contribution in [0, 0.1) is 0 Å². The number of hydrogen-bond donors (Lipinski definition) is 1. The van der Waals surface area contributed by atoms with Gasteiger partial charge in [0.15, 0.2) is 0 Å². The monoisotopic (exact) mass is 405 g/mol. The van der Waals surface area contributed by atoms with Gasteiger partial charge in [-0.25, -0.2) is 21.6 Å². The first-order chi connectivity index (χ1) is 12.3. The minimum Gasteiger partial charge on any atom is -0.296 e. The molecule has 7 nitrogen and oxygen atoms in total. The van der Waals surface area contributed by atoms with Crippen molar-refractivity contribution in [3.63, 3.8) is 0 Å². The molecule has 10 heteroatoms. The third-order valence-electron chi connectivity index (χ3n) is 4.94. The van der Waals surface area contributed by atoms with E-state index in [1.165, 1.54) is 4.31 Å². The van der Waals surface area contributed by atoms with Crippen molar-refractivity contribution in [1.29, 1.82) is 0 Å². The maximum absolute atomic E-state index is 13.0. The first-order valence-electron chi connectivity index (χ1n) is 8.68. The average Bonchev–Trinajstić information content (AvgIpc) is 3.03. The SMILES string of the molecule is O=S(=O)(CCCF)NC[C@@H]1CN(S(=O)(=O)c2ccccc2)[C@H]2CCN1C2. The van der Waals surface area contributed by atoms with Crippen LogP contribution >= 0.6 is 0 Å². The topological polar surface area (TPSA) is 86.8 Å². The lowest BCUT2D eigenvalue weighted by Crippen LogP contribution is -2.57. The second-order valence-electron chi connectivity index (χ2n) is 6.69. The summed E-state index contributed by atoms with van der Waals surface area (Å²) < 4.78 is 66.0. The summed E-state index contributed by atoms with van der Waals surface area (Å²) in [5.41, 5.74) is 0. The second kappa shape index (κ2) is 7.89. The number of fused-ring (bicyclic) bond motifs is 2. The Bertz CT molecular complexity index is 817. The molecule has 2 aliphatic heterocycles. The Morgan fingerprint density at radius 3 is 2.54 bits per heavy atom. The first-order valence-corrected chi connectivity index (χ1v) is 11.8. The average molecular weight is 406 g/mol. The third kappa shape index (κ3) is 4.25. The fourth-order valence-electron chi connectivity index (χ4n) is 3.56. The van der Waals surface area contributed by atoms with Crippen LogP contribution in [-0.2, 0) is 20.0 Å². The lowest BCUT2D eigenvalue weighted by Gasteiger charge is -2.39. The van der Waals surface area contributed by atoms with Crippen molar-refractivity contribution in [3.05, 3.63) is 30.3 Å². The van der Waals surface area contributed by atoms with Gasteiger partial charge in [0.05, 0.1) is 17.3 Å². The standard InChI is InChI=1S/C16H24FN3O4S2/c17-8-4-10-25(21,22)18-11-15-13-20(14-7-9-19(15)12-14)26(23,24)16-5-2-1-3-6-16/h1-3,5-6,14-15,18H,4,7-13H2/t14-,15+/m0/s1. The fourth-order valence-corrected chi connectivity index (χ4v) is 6.35. The van der Waals surface area contributed by atoms with Crippen molar-refractivity contribution in [3.8, 4) is 0 Å². The van der Waals surface area contributed by atoms with Crippen LogP contribution in [0.25, 0.3) is 0 Å². The van der Waals surface area contributed by atoms with E-state index in [2.05, 4.69) is 9.62 Å². The third-order valence-corrected chi connectivity index (χ3v) is 8.31. The number of nitrogens with one attached hydrogen (secondary N) is 1. The number of piperazine rings is 1. The predicted octanol–water partition coefficient (Wildman–Crippen LogP) is 0.413. The van der Waals surface area contributed by atoms with Crippen molar-refractivity contribution >= 4 is 20.0 Å². The summed E-state index contributed by atoms with van der Waals surface area (Å²) in [6, 6.07) is 7.98. The smallest absolute Gasteiger partial charge is 0.243 e. The van der Waals surface area contributed by atoms with Crippen molar-refractivity contribution in [2.24, 2.45) is 0 Å². The number of nitrogens with zero attached hydrogens (tertiary/aromatic N) is 2. The molecule has 2 fully saturated rings. The Kier molecular flexibility index (Phi) is 5.97. The molecule has 2 bridgehead atoms. The Labute approximate surface area is 154 Å². The molecule has 3 rings (SSSR count). The summed E-state index contributed by atoms with van der Waals surface area (Å²) in [7, 11) is -7.17. The number of halogens is 1. The second-order valence-corrected chi connectivity index (χ2v) is 10.5. The molecule has 1 N–H and O–H groups in total. The summed E-state index contributed by atoms with van der Waals surface area (Å²) in [6.07, 6.45) is 0.692. The van der Waals surface area contributed by atoms with E-state index in [0.717, 1.165) is 13.0 Å². The summed E-state index contributed by atoms with van der Waals surface area (Å²) in [6.45, 7) is 1.03. The van der Waals surface area contributed by atoms with Crippen LogP contribution in [0.3, 0.4) is 0 Å². The van der Waals surface area contributed by atoms with Gasteiger partial charge in [-0.05, 0) is 25.0 Å². The molecule has 1 aromatic carbocycles. The van der Waals surface area contributed by atoms with E-state index in [-0.39, 0.29) is 42.2 Å². The first kappa shape index (κ1) is 19.7. The molecule has 26 heavy (non-hydrogen) atoms. The largest absolute Gasteiger partial charge is 0.296 e. The zero-order valence-electron chi connectivity index (χ0n) is 14.4. The van der Waals surface area contributed by atoms with Gasteiger partial charge < -0.3 is 0 Å². The normalized spacial score (nSPS) is 26.9. The lowest BCUT2D eigenvalue weighted by molar-refractivity contribution is 0.145. The van der Waals surface area contributed by atoms with Gasteiger partial charge in [-0.15, -0.1) is 0 Å². The Hall–Kier alpha value is -1.07. The van der Waals surface area contributed by atoms with E-state index in [9.17, 15) is 21.2 Å². The van der Waals surface area contributed by atoms with E-state index >= 15 is 0 Å². The molecule has 0 radical (unpaired) electrons. The van der Waals surface area contributed by atoms with Crippen LogP contribution in [0.1, 0.15) is 12.8 Å². The van der Waals surface area contributed by atoms with Gasteiger partial charge in [-0.3, -0.25) is 9.29 Å². The van der Waals surface area contributed by atoms with Crippen LogP contribution in [0.4, 0.5) is 4.39 Å². The molecular formula is C16H24FN3O4S2. The van der Waals surface area contributed by atoms with Gasteiger partial charge in [0.25, 0.3) is 0 Å². The van der Waals surface area contributed by atoms with Crippen LogP contribution in [0.15, 0.2) is 35.2 Å². The van der Waals surface area contributed by atoms with Gasteiger partial charge in [0, 0.05) is 38.3 Å². The summed E-state index contributed by atoms with van der Waals surface area (Å²) in [4.78, 5) is 2.38. The van der Waals surface area contributed by atoms with E-state index < -0.39 is 26.7 Å². The van der Waals surface area contributed by atoms with Crippen LogP contribution in [0.5, 0.6) is 0 Å². The van der Waals surface area contributed by atoms with Gasteiger partial charge in [-0.2, -0.15) is 4.31 Å². The molecule has 0 amide bonds. The van der Waals surface area contributed by atoms with Gasteiger partial charge in [-0.1, -0.05) is 18.2 Å². The van der Waals surface area contributed by atoms with Crippen LogP contribution < -0.4 is 4.72 Å².